The van der Waals surface area contributed by atoms with Gasteiger partial charge in [0.2, 0.25) is 0 Å². The number of carbonyl (C=O) groups excluding carboxylic acids is 3. The largest absolute Gasteiger partial charge is 0.489 e. The first-order valence-corrected chi connectivity index (χ1v) is 10.9. The van der Waals surface area contributed by atoms with Gasteiger partial charge in [0, 0.05) is 19.1 Å². The number of urea groups is 1. The molecule has 32 heavy (non-hydrogen) atoms. The summed E-state index contributed by atoms with van der Waals surface area (Å²) in [5.74, 6) is 0.386. The summed E-state index contributed by atoms with van der Waals surface area (Å²) in [6.45, 7) is 14.2. The summed E-state index contributed by atoms with van der Waals surface area (Å²) in [5, 5.41) is 2.86. The first-order chi connectivity index (χ1) is 14.9. The number of amides is 4. The van der Waals surface area contributed by atoms with E-state index in [0.717, 1.165) is 5.57 Å². The number of likely N-dealkylation sites (tertiary alicyclic amines) is 1. The van der Waals surface area contributed by atoms with Gasteiger partial charge in [0.05, 0.1) is 0 Å². The lowest BCUT2D eigenvalue weighted by Gasteiger charge is -2.36. The quantitative estimate of drug-likeness (QED) is 0.552. The van der Waals surface area contributed by atoms with Crippen LogP contribution in [0.5, 0.6) is 5.75 Å². The molecule has 1 N–H and O–H groups in total. The minimum atomic E-state index is -1.15. The van der Waals surface area contributed by atoms with E-state index in [2.05, 4.69) is 11.9 Å². The van der Waals surface area contributed by atoms with Crippen LogP contribution in [0.1, 0.15) is 53.0 Å². The van der Waals surface area contributed by atoms with Crippen molar-refractivity contribution in [3.63, 3.8) is 0 Å². The van der Waals surface area contributed by atoms with Crippen molar-refractivity contribution in [1.82, 2.24) is 15.1 Å². The minimum Gasteiger partial charge on any atom is -0.489 e. The molecule has 2 heterocycles. The van der Waals surface area contributed by atoms with Gasteiger partial charge >= 0.3 is 12.1 Å². The van der Waals surface area contributed by atoms with E-state index in [1.165, 1.54) is 4.90 Å². The third kappa shape index (κ3) is 5.06. The number of hydrogen-bond acceptors (Lipinski definition) is 5. The van der Waals surface area contributed by atoms with Gasteiger partial charge in [0.15, 0.2) is 0 Å². The van der Waals surface area contributed by atoms with Crippen LogP contribution in [0.4, 0.5) is 9.59 Å². The second kappa shape index (κ2) is 8.84. The molecule has 1 unspecified atom stereocenters. The standard InChI is InChI=1S/C24H33N3O5/c1-16(2)15-31-19-9-7-17(8-10-19)24(6)20(28)27(21(29)25-24)18-11-13-26(14-12-18)22(30)32-23(3,4)5/h7-10,18H,1,11-15H2,2-6H3,(H,25,29). The lowest BCUT2D eigenvalue weighted by atomic mass is 9.91. The number of nitrogens with zero attached hydrogens (tertiary/aromatic N) is 2. The number of benzene rings is 1. The molecule has 1 atom stereocenters. The molecule has 8 heteroatoms. The van der Waals surface area contributed by atoms with Crippen molar-refractivity contribution in [2.45, 2.75) is 64.6 Å². The predicted octanol–water partition coefficient (Wildman–Crippen LogP) is 3.81. The Kier molecular flexibility index (Phi) is 6.53. The van der Waals surface area contributed by atoms with Crippen LogP contribution in [-0.2, 0) is 15.1 Å². The van der Waals surface area contributed by atoms with E-state index in [1.807, 2.05) is 27.7 Å². The van der Waals surface area contributed by atoms with E-state index in [9.17, 15) is 14.4 Å². The topological polar surface area (TPSA) is 88.2 Å². The molecule has 0 aromatic heterocycles. The Labute approximate surface area is 189 Å². The molecule has 0 saturated carbocycles. The molecule has 4 amide bonds. The van der Waals surface area contributed by atoms with Crippen molar-refractivity contribution in [2.24, 2.45) is 0 Å². The average Bonchev–Trinajstić information content (AvgIpc) is 2.95. The Hall–Kier alpha value is -3.03. The van der Waals surface area contributed by atoms with Crippen LogP contribution in [0.25, 0.3) is 0 Å². The van der Waals surface area contributed by atoms with Gasteiger partial charge in [-0.3, -0.25) is 9.69 Å². The summed E-state index contributed by atoms with van der Waals surface area (Å²) in [6, 6.07) is 6.48. The third-order valence-electron chi connectivity index (χ3n) is 5.62. The van der Waals surface area contributed by atoms with Crippen LogP contribution < -0.4 is 10.1 Å². The summed E-state index contributed by atoms with van der Waals surface area (Å²) in [5.41, 5.74) is -0.113. The Balaban J connectivity index is 1.66. The smallest absolute Gasteiger partial charge is 0.410 e. The van der Waals surface area contributed by atoms with Gasteiger partial charge in [-0.2, -0.15) is 0 Å². The van der Waals surface area contributed by atoms with E-state index in [0.29, 0.717) is 43.9 Å². The fourth-order valence-electron chi connectivity index (χ4n) is 3.91. The minimum absolute atomic E-state index is 0.263. The first-order valence-electron chi connectivity index (χ1n) is 10.9. The zero-order valence-electron chi connectivity index (χ0n) is 19.6. The molecule has 1 aromatic carbocycles. The van der Waals surface area contributed by atoms with E-state index < -0.39 is 17.2 Å². The summed E-state index contributed by atoms with van der Waals surface area (Å²) in [6.07, 6.45) is 0.664. The van der Waals surface area contributed by atoms with Crippen molar-refractivity contribution in [1.29, 1.82) is 0 Å². The number of piperidine rings is 1. The van der Waals surface area contributed by atoms with Crippen molar-refractivity contribution in [3.05, 3.63) is 42.0 Å². The molecule has 8 nitrogen and oxygen atoms in total. The van der Waals surface area contributed by atoms with Gasteiger partial charge in [-0.05, 0) is 70.7 Å². The van der Waals surface area contributed by atoms with Crippen LogP contribution in [0, 0.1) is 0 Å². The van der Waals surface area contributed by atoms with E-state index in [1.54, 1.807) is 36.1 Å². The highest BCUT2D eigenvalue weighted by atomic mass is 16.6. The van der Waals surface area contributed by atoms with Crippen LogP contribution in [0.15, 0.2) is 36.4 Å². The Morgan fingerprint density at radius 2 is 1.78 bits per heavy atom. The SMILES string of the molecule is C=C(C)COc1ccc(C2(C)NC(=O)N(C3CCN(C(=O)OC(C)(C)C)CC3)C2=O)cc1. The predicted molar refractivity (Wildman–Crippen MR) is 120 cm³/mol. The number of ether oxygens (including phenoxy) is 2. The van der Waals surface area contributed by atoms with Crippen LogP contribution in [0.2, 0.25) is 0 Å². The Morgan fingerprint density at radius 3 is 2.31 bits per heavy atom. The van der Waals surface area contributed by atoms with Crippen molar-refractivity contribution >= 4 is 18.0 Å². The maximum atomic E-state index is 13.3. The molecule has 2 fully saturated rings. The fraction of sp³-hybridized carbons (Fsp3) is 0.542. The van der Waals surface area contributed by atoms with Crippen LogP contribution >= 0.6 is 0 Å². The number of rotatable bonds is 5. The molecule has 3 rings (SSSR count). The number of hydrogen-bond donors (Lipinski definition) is 1. The summed E-state index contributed by atoms with van der Waals surface area (Å²) >= 11 is 0. The van der Waals surface area contributed by atoms with Gasteiger partial charge in [0.25, 0.3) is 5.91 Å². The van der Waals surface area contributed by atoms with Crippen LogP contribution in [-0.4, -0.2) is 59.2 Å². The lowest BCUT2D eigenvalue weighted by molar-refractivity contribution is -0.133. The maximum absolute atomic E-state index is 13.3. The zero-order valence-corrected chi connectivity index (χ0v) is 19.6. The van der Waals surface area contributed by atoms with Crippen LogP contribution in [0.3, 0.4) is 0 Å². The molecule has 1 aromatic rings. The maximum Gasteiger partial charge on any atom is 0.410 e. The molecular weight excluding hydrogens is 410 g/mol. The Bertz CT molecular complexity index is 897. The molecule has 0 aliphatic carbocycles. The highest BCUT2D eigenvalue weighted by molar-refractivity contribution is 6.07. The van der Waals surface area contributed by atoms with Gasteiger partial charge < -0.3 is 19.7 Å². The molecule has 174 valence electrons. The molecule has 2 aliphatic rings. The molecular formula is C24H33N3O5. The van der Waals surface area contributed by atoms with Gasteiger partial charge in [0.1, 0.15) is 23.5 Å². The van der Waals surface area contributed by atoms with E-state index in [-0.39, 0.29) is 18.0 Å². The van der Waals surface area contributed by atoms with Crippen molar-refractivity contribution in [3.8, 4) is 5.75 Å². The highest BCUT2D eigenvalue weighted by Crippen LogP contribution is 2.33. The molecule has 2 aliphatic heterocycles. The summed E-state index contributed by atoms with van der Waals surface area (Å²) in [4.78, 5) is 41.4. The lowest BCUT2D eigenvalue weighted by Crippen LogP contribution is -2.50. The second-order valence-electron chi connectivity index (χ2n) is 9.70. The Morgan fingerprint density at radius 1 is 1.19 bits per heavy atom. The number of carbonyl (C=O) groups is 3. The molecule has 2 saturated heterocycles. The van der Waals surface area contributed by atoms with E-state index >= 15 is 0 Å². The molecule has 0 radical (unpaired) electrons. The van der Waals surface area contributed by atoms with Gasteiger partial charge in [-0.25, -0.2) is 9.59 Å². The monoisotopic (exact) mass is 443 g/mol. The summed E-state index contributed by atoms with van der Waals surface area (Å²) in [7, 11) is 0. The van der Waals surface area contributed by atoms with Crippen molar-refractivity contribution in [2.75, 3.05) is 19.7 Å². The molecule has 0 spiro atoms. The van der Waals surface area contributed by atoms with Gasteiger partial charge in [-0.15, -0.1) is 0 Å². The number of imide groups is 1. The fourth-order valence-corrected chi connectivity index (χ4v) is 3.91. The van der Waals surface area contributed by atoms with E-state index in [4.69, 9.17) is 9.47 Å². The number of nitrogens with one attached hydrogen (secondary N) is 1. The normalized spacial score (nSPS) is 22.0. The first kappa shape index (κ1) is 23.6. The zero-order chi connectivity index (χ0) is 23.7. The highest BCUT2D eigenvalue weighted by Gasteiger charge is 2.51. The van der Waals surface area contributed by atoms with Crippen molar-refractivity contribution < 1.29 is 23.9 Å². The second-order valence-corrected chi connectivity index (χ2v) is 9.70. The third-order valence-corrected chi connectivity index (χ3v) is 5.62. The summed E-state index contributed by atoms with van der Waals surface area (Å²) < 4.78 is 11.0. The molecule has 0 bridgehead atoms. The van der Waals surface area contributed by atoms with Gasteiger partial charge in [-0.1, -0.05) is 18.7 Å². The average molecular weight is 444 g/mol.